The quantitative estimate of drug-likeness (QED) is 0.724. The zero-order chi connectivity index (χ0) is 21.5. The molecule has 1 spiro atoms. The van der Waals surface area contributed by atoms with Gasteiger partial charge in [-0.2, -0.15) is 0 Å². The standard InChI is InChI=1S/C22H26N4O4/c1-4-25-20(28)22(26(21(25)29)14-17-8-6-5-7-9-17)10-12-24(13-11-22)19(27)18-15(2)23-30-16(18)3/h5-9H,4,10-14H2,1-3H3. The first-order chi connectivity index (χ1) is 14.4. The lowest BCUT2D eigenvalue weighted by Gasteiger charge is -2.42. The highest BCUT2D eigenvalue weighted by molar-refractivity contribution is 6.07. The Kier molecular flexibility index (Phi) is 5.09. The molecule has 0 aliphatic carbocycles. The third kappa shape index (κ3) is 3.07. The van der Waals surface area contributed by atoms with Crippen molar-refractivity contribution in [1.29, 1.82) is 0 Å². The molecule has 4 amide bonds. The molecule has 158 valence electrons. The SMILES string of the molecule is CCN1C(=O)N(Cc2ccccc2)C2(CCN(C(=O)c3c(C)noc3C)CC2)C1=O. The molecule has 0 saturated carbocycles. The van der Waals surface area contributed by atoms with Crippen molar-refractivity contribution in [3.05, 3.63) is 52.9 Å². The first kappa shape index (κ1) is 20.1. The number of carbonyl (C=O) groups excluding carboxylic acids is 3. The molecule has 30 heavy (non-hydrogen) atoms. The van der Waals surface area contributed by atoms with Gasteiger partial charge >= 0.3 is 6.03 Å². The van der Waals surface area contributed by atoms with Crippen LogP contribution in [0.25, 0.3) is 0 Å². The van der Waals surface area contributed by atoms with E-state index in [-0.39, 0.29) is 17.8 Å². The van der Waals surface area contributed by atoms with E-state index in [9.17, 15) is 14.4 Å². The largest absolute Gasteiger partial charge is 0.361 e. The highest BCUT2D eigenvalue weighted by Gasteiger charge is 2.57. The number of carbonyl (C=O) groups is 3. The van der Waals surface area contributed by atoms with Gasteiger partial charge in [0, 0.05) is 26.2 Å². The van der Waals surface area contributed by atoms with Gasteiger partial charge in [-0.05, 0) is 39.2 Å². The molecule has 1 aromatic heterocycles. The lowest BCUT2D eigenvalue weighted by Crippen LogP contribution is -2.57. The van der Waals surface area contributed by atoms with Crippen LogP contribution in [0, 0.1) is 13.8 Å². The summed E-state index contributed by atoms with van der Waals surface area (Å²) in [5.41, 5.74) is 1.12. The van der Waals surface area contributed by atoms with Crippen molar-refractivity contribution in [1.82, 2.24) is 19.9 Å². The zero-order valence-electron chi connectivity index (χ0n) is 17.6. The second kappa shape index (κ2) is 7.59. The smallest absolute Gasteiger partial charge is 0.327 e. The number of piperidine rings is 1. The van der Waals surface area contributed by atoms with Crippen LogP contribution in [0.15, 0.2) is 34.9 Å². The number of aryl methyl sites for hydroxylation is 2. The van der Waals surface area contributed by atoms with Gasteiger partial charge < -0.3 is 14.3 Å². The summed E-state index contributed by atoms with van der Waals surface area (Å²) in [5, 5.41) is 3.87. The van der Waals surface area contributed by atoms with Gasteiger partial charge in [-0.1, -0.05) is 35.5 Å². The van der Waals surface area contributed by atoms with Crippen molar-refractivity contribution in [2.24, 2.45) is 0 Å². The number of nitrogens with zero attached hydrogens (tertiary/aromatic N) is 4. The number of aromatic nitrogens is 1. The fraction of sp³-hybridized carbons (Fsp3) is 0.455. The first-order valence-electron chi connectivity index (χ1n) is 10.3. The predicted octanol–water partition coefficient (Wildman–Crippen LogP) is 2.75. The monoisotopic (exact) mass is 410 g/mol. The Balaban J connectivity index is 1.58. The van der Waals surface area contributed by atoms with Gasteiger partial charge in [-0.25, -0.2) is 4.79 Å². The van der Waals surface area contributed by atoms with E-state index in [4.69, 9.17) is 4.52 Å². The molecule has 0 bridgehead atoms. The Morgan fingerprint density at radius 3 is 2.37 bits per heavy atom. The Morgan fingerprint density at radius 2 is 1.80 bits per heavy atom. The number of urea groups is 1. The maximum Gasteiger partial charge on any atom is 0.327 e. The number of hydrogen-bond donors (Lipinski definition) is 0. The maximum absolute atomic E-state index is 13.3. The molecule has 8 heteroatoms. The van der Waals surface area contributed by atoms with E-state index in [1.807, 2.05) is 37.3 Å². The second-order valence-corrected chi connectivity index (χ2v) is 7.93. The minimum absolute atomic E-state index is 0.139. The van der Waals surface area contributed by atoms with Crippen LogP contribution in [-0.2, 0) is 11.3 Å². The second-order valence-electron chi connectivity index (χ2n) is 7.93. The van der Waals surface area contributed by atoms with Gasteiger partial charge in [0.1, 0.15) is 16.9 Å². The van der Waals surface area contributed by atoms with E-state index >= 15 is 0 Å². The molecule has 2 fully saturated rings. The van der Waals surface area contributed by atoms with Gasteiger partial charge in [-0.15, -0.1) is 0 Å². The van der Waals surface area contributed by atoms with Crippen LogP contribution >= 0.6 is 0 Å². The van der Waals surface area contributed by atoms with Crippen LogP contribution in [0.3, 0.4) is 0 Å². The third-order valence-corrected chi connectivity index (χ3v) is 6.25. The Hall–Kier alpha value is -3.16. The van der Waals surface area contributed by atoms with Crippen LogP contribution in [0.5, 0.6) is 0 Å². The fourth-order valence-corrected chi connectivity index (χ4v) is 4.56. The van der Waals surface area contributed by atoms with E-state index < -0.39 is 5.54 Å². The number of likely N-dealkylation sites (N-methyl/N-ethyl adjacent to an activating group) is 1. The number of rotatable bonds is 4. The summed E-state index contributed by atoms with van der Waals surface area (Å²) >= 11 is 0. The molecule has 2 aliphatic rings. The van der Waals surface area contributed by atoms with Crippen molar-refractivity contribution in [2.45, 2.75) is 45.7 Å². The Morgan fingerprint density at radius 1 is 1.13 bits per heavy atom. The highest BCUT2D eigenvalue weighted by atomic mass is 16.5. The van der Waals surface area contributed by atoms with Gasteiger partial charge in [-0.3, -0.25) is 14.5 Å². The molecule has 4 rings (SSSR count). The molecule has 0 radical (unpaired) electrons. The summed E-state index contributed by atoms with van der Waals surface area (Å²) in [4.78, 5) is 44.1. The summed E-state index contributed by atoms with van der Waals surface area (Å²) in [7, 11) is 0. The van der Waals surface area contributed by atoms with Gasteiger partial charge in [0.2, 0.25) is 0 Å². The molecule has 1 aromatic carbocycles. The summed E-state index contributed by atoms with van der Waals surface area (Å²) < 4.78 is 5.13. The molecule has 8 nitrogen and oxygen atoms in total. The topological polar surface area (TPSA) is 87.0 Å². The average molecular weight is 410 g/mol. The fourth-order valence-electron chi connectivity index (χ4n) is 4.56. The van der Waals surface area contributed by atoms with Crippen molar-refractivity contribution in [3.8, 4) is 0 Å². The van der Waals surface area contributed by atoms with Crippen LogP contribution in [0.2, 0.25) is 0 Å². The van der Waals surface area contributed by atoms with Gasteiger partial charge in [0.05, 0.1) is 5.69 Å². The molecular formula is C22H26N4O4. The van der Waals surface area contributed by atoms with Crippen molar-refractivity contribution in [3.63, 3.8) is 0 Å². The molecular weight excluding hydrogens is 384 g/mol. The summed E-state index contributed by atoms with van der Waals surface area (Å²) in [6.07, 6.45) is 0.825. The van der Waals surface area contributed by atoms with Crippen LogP contribution < -0.4 is 0 Å². The Labute approximate surface area is 175 Å². The average Bonchev–Trinajstić information content (AvgIpc) is 3.18. The first-order valence-corrected chi connectivity index (χ1v) is 10.3. The minimum atomic E-state index is -0.904. The van der Waals surface area contributed by atoms with Crippen molar-refractivity contribution < 1.29 is 18.9 Å². The molecule has 0 unspecified atom stereocenters. The molecule has 3 heterocycles. The number of imide groups is 1. The van der Waals surface area contributed by atoms with E-state index in [0.29, 0.717) is 56.0 Å². The van der Waals surface area contributed by atoms with E-state index in [1.165, 1.54) is 4.90 Å². The van der Waals surface area contributed by atoms with Crippen LogP contribution in [-0.4, -0.2) is 62.9 Å². The van der Waals surface area contributed by atoms with Crippen LogP contribution in [0.4, 0.5) is 4.79 Å². The normalized spacial score (nSPS) is 18.6. The lowest BCUT2D eigenvalue weighted by molar-refractivity contribution is -0.135. The third-order valence-electron chi connectivity index (χ3n) is 6.25. The summed E-state index contributed by atoms with van der Waals surface area (Å²) in [6, 6.07) is 9.43. The molecule has 2 aliphatic heterocycles. The van der Waals surface area contributed by atoms with Gasteiger partial charge in [0.25, 0.3) is 11.8 Å². The Bertz CT molecular complexity index is 957. The summed E-state index contributed by atoms with van der Waals surface area (Å²) in [5.74, 6) is 0.197. The van der Waals surface area contributed by atoms with Crippen molar-refractivity contribution >= 4 is 17.8 Å². The zero-order valence-corrected chi connectivity index (χ0v) is 17.6. The number of benzene rings is 1. The number of likely N-dealkylation sites (tertiary alicyclic amines) is 1. The van der Waals surface area contributed by atoms with E-state index in [1.54, 1.807) is 23.6 Å². The number of hydrogen-bond acceptors (Lipinski definition) is 5. The summed E-state index contributed by atoms with van der Waals surface area (Å²) in [6.45, 7) is 6.78. The minimum Gasteiger partial charge on any atom is -0.361 e. The molecule has 0 atom stereocenters. The lowest BCUT2D eigenvalue weighted by atomic mass is 9.85. The van der Waals surface area contributed by atoms with E-state index in [2.05, 4.69) is 5.16 Å². The molecule has 0 N–H and O–H groups in total. The van der Waals surface area contributed by atoms with E-state index in [0.717, 1.165) is 5.56 Å². The molecule has 2 saturated heterocycles. The molecule has 2 aromatic rings. The van der Waals surface area contributed by atoms with Crippen molar-refractivity contribution in [2.75, 3.05) is 19.6 Å². The maximum atomic E-state index is 13.3. The number of amides is 4. The van der Waals surface area contributed by atoms with Crippen LogP contribution in [0.1, 0.15) is 47.1 Å². The highest BCUT2D eigenvalue weighted by Crippen LogP contribution is 2.38. The predicted molar refractivity (Wildman–Crippen MR) is 109 cm³/mol. The van der Waals surface area contributed by atoms with Gasteiger partial charge in [0.15, 0.2) is 0 Å².